The highest BCUT2D eigenvalue weighted by molar-refractivity contribution is 9.11. The molecular weight excluding hydrogens is 598 g/mol. The maximum Gasteiger partial charge on any atom is 0.272 e. The summed E-state index contributed by atoms with van der Waals surface area (Å²) in [7, 11) is 0. The number of nitrogens with one attached hydrogen (secondary N) is 1. The van der Waals surface area contributed by atoms with Crippen LogP contribution < -0.4 is 10.2 Å². The van der Waals surface area contributed by atoms with Crippen molar-refractivity contribution in [2.45, 2.75) is 6.61 Å². The van der Waals surface area contributed by atoms with Gasteiger partial charge in [-0.2, -0.15) is 5.10 Å². The quantitative estimate of drug-likeness (QED) is 0.195. The molecule has 0 aliphatic rings. The van der Waals surface area contributed by atoms with Gasteiger partial charge in [-0.25, -0.2) is 5.43 Å². The molecule has 0 atom stereocenters. The highest BCUT2D eigenvalue weighted by Crippen LogP contribution is 2.35. The molecule has 0 spiro atoms. The molecule has 3 aromatic carbocycles. The Morgan fingerprint density at radius 1 is 1.03 bits per heavy atom. The predicted molar refractivity (Wildman–Crippen MR) is 128 cm³/mol. The molecule has 0 heterocycles. The van der Waals surface area contributed by atoms with Crippen LogP contribution in [-0.4, -0.2) is 17.0 Å². The summed E-state index contributed by atoms with van der Waals surface area (Å²) in [6, 6.07) is 16.8. The molecule has 3 rings (SSSR count). The number of hydrogen-bond acceptors (Lipinski definition) is 5. The van der Waals surface area contributed by atoms with Crippen molar-refractivity contribution in [3.8, 4) is 5.75 Å². The minimum atomic E-state index is -0.445. The molecule has 0 fully saturated rings. The maximum absolute atomic E-state index is 12.2. The van der Waals surface area contributed by atoms with E-state index >= 15 is 0 Å². The molecule has 0 unspecified atom stereocenters. The first-order valence-electron chi connectivity index (χ1n) is 8.78. The number of nitrogens with zero attached hydrogens (tertiary/aromatic N) is 2. The third kappa shape index (κ3) is 6.22. The summed E-state index contributed by atoms with van der Waals surface area (Å²) >= 11 is 10.3. The van der Waals surface area contributed by atoms with E-state index in [1.165, 1.54) is 18.3 Å². The molecule has 0 radical (unpaired) electrons. The van der Waals surface area contributed by atoms with Crippen molar-refractivity contribution in [2.24, 2.45) is 5.10 Å². The van der Waals surface area contributed by atoms with Gasteiger partial charge in [-0.15, -0.1) is 0 Å². The largest absolute Gasteiger partial charge is 0.487 e. The fourth-order valence-corrected chi connectivity index (χ4v) is 4.45. The number of nitro benzene ring substituents is 1. The van der Waals surface area contributed by atoms with E-state index in [2.05, 4.69) is 58.3 Å². The lowest BCUT2D eigenvalue weighted by atomic mass is 10.2. The molecule has 7 nitrogen and oxygen atoms in total. The molecule has 0 bridgehead atoms. The van der Waals surface area contributed by atoms with E-state index in [4.69, 9.17) is 4.74 Å². The number of ether oxygens (including phenoxy) is 1. The van der Waals surface area contributed by atoms with Gasteiger partial charge in [-0.1, -0.05) is 12.1 Å². The van der Waals surface area contributed by atoms with Crippen LogP contribution in [0, 0.1) is 10.1 Å². The number of halogens is 3. The number of carbonyl (C=O) groups excluding carboxylic acids is 1. The molecule has 3 aromatic rings. The minimum absolute atomic E-state index is 0.0291. The van der Waals surface area contributed by atoms with E-state index in [0.29, 0.717) is 24.7 Å². The molecule has 1 N–H and O–H groups in total. The Kier molecular flexibility index (Phi) is 7.94. The van der Waals surface area contributed by atoms with Crippen LogP contribution in [0.2, 0.25) is 0 Å². The third-order valence-electron chi connectivity index (χ3n) is 4.05. The first-order chi connectivity index (χ1) is 14.8. The van der Waals surface area contributed by atoms with E-state index < -0.39 is 4.92 Å². The van der Waals surface area contributed by atoms with Crippen molar-refractivity contribution in [1.29, 1.82) is 0 Å². The van der Waals surface area contributed by atoms with Crippen LogP contribution in [0.25, 0.3) is 0 Å². The molecule has 0 aliphatic heterocycles. The van der Waals surface area contributed by atoms with Gasteiger partial charge in [-0.05, 0) is 95.3 Å². The molecule has 1 amide bonds. The Labute approximate surface area is 203 Å². The van der Waals surface area contributed by atoms with Crippen LogP contribution in [0.5, 0.6) is 5.75 Å². The second-order valence-electron chi connectivity index (χ2n) is 6.20. The smallest absolute Gasteiger partial charge is 0.272 e. The van der Waals surface area contributed by atoms with Gasteiger partial charge in [-0.3, -0.25) is 14.9 Å². The Bertz CT molecular complexity index is 1130. The maximum atomic E-state index is 12.2. The van der Waals surface area contributed by atoms with Gasteiger partial charge in [0.25, 0.3) is 11.6 Å². The van der Waals surface area contributed by atoms with Gasteiger partial charge in [0.05, 0.1) is 25.6 Å². The Morgan fingerprint density at radius 2 is 1.68 bits per heavy atom. The number of non-ortho nitro benzene ring substituents is 1. The fourth-order valence-electron chi connectivity index (χ4n) is 2.53. The van der Waals surface area contributed by atoms with Crippen molar-refractivity contribution >= 4 is 65.6 Å². The highest BCUT2D eigenvalue weighted by atomic mass is 79.9. The number of benzene rings is 3. The van der Waals surface area contributed by atoms with Crippen molar-refractivity contribution in [1.82, 2.24) is 5.43 Å². The zero-order valence-electron chi connectivity index (χ0n) is 15.7. The van der Waals surface area contributed by atoms with E-state index in [1.54, 1.807) is 42.5 Å². The lowest BCUT2D eigenvalue weighted by Crippen LogP contribution is -2.18. The second-order valence-corrected chi connectivity index (χ2v) is 8.77. The first kappa shape index (κ1) is 23.1. The summed E-state index contributed by atoms with van der Waals surface area (Å²) in [5.74, 6) is 0.248. The summed E-state index contributed by atoms with van der Waals surface area (Å²) in [6.45, 7) is 0.241. The van der Waals surface area contributed by atoms with Crippen molar-refractivity contribution in [2.75, 3.05) is 0 Å². The SMILES string of the molecule is O=C(N/N=C\c1cc(Br)c(OCc2ccc([N+](=O)[O-])cc2)c(Br)c1)c1ccccc1Br. The normalized spacial score (nSPS) is 10.8. The number of nitro groups is 1. The zero-order valence-corrected chi connectivity index (χ0v) is 20.5. The van der Waals surface area contributed by atoms with Crippen LogP contribution in [0.1, 0.15) is 21.5 Å². The minimum Gasteiger partial charge on any atom is -0.487 e. The summed E-state index contributed by atoms with van der Waals surface area (Å²) in [6.07, 6.45) is 1.52. The third-order valence-corrected chi connectivity index (χ3v) is 5.92. The number of amides is 1. The highest BCUT2D eigenvalue weighted by Gasteiger charge is 2.11. The van der Waals surface area contributed by atoms with Gasteiger partial charge < -0.3 is 4.74 Å². The van der Waals surface area contributed by atoms with Crippen molar-refractivity contribution < 1.29 is 14.5 Å². The molecule has 0 aliphatic carbocycles. The molecule has 10 heteroatoms. The molecular formula is C21H14Br3N3O4. The number of rotatable bonds is 7. The monoisotopic (exact) mass is 609 g/mol. The van der Waals surface area contributed by atoms with Gasteiger partial charge in [0, 0.05) is 16.6 Å². The molecule has 0 saturated carbocycles. The summed E-state index contributed by atoms with van der Waals surface area (Å²) in [5.41, 5.74) is 4.53. The average Bonchev–Trinajstić information content (AvgIpc) is 2.73. The van der Waals surface area contributed by atoms with E-state index in [1.807, 2.05) is 6.07 Å². The summed E-state index contributed by atoms with van der Waals surface area (Å²) < 4.78 is 7.89. The first-order valence-corrected chi connectivity index (χ1v) is 11.2. The molecule has 0 saturated heterocycles. The van der Waals surface area contributed by atoms with Gasteiger partial charge in [0.15, 0.2) is 0 Å². The topological polar surface area (TPSA) is 93.8 Å². The lowest BCUT2D eigenvalue weighted by Gasteiger charge is -2.11. The number of hydrogen-bond donors (Lipinski definition) is 1. The number of carbonyl (C=O) groups is 1. The van der Waals surface area contributed by atoms with E-state index in [0.717, 1.165) is 11.1 Å². The lowest BCUT2D eigenvalue weighted by molar-refractivity contribution is -0.384. The molecule has 158 valence electrons. The zero-order chi connectivity index (χ0) is 22.4. The van der Waals surface area contributed by atoms with E-state index in [-0.39, 0.29) is 18.2 Å². The van der Waals surface area contributed by atoms with Gasteiger partial charge >= 0.3 is 0 Å². The Hall–Kier alpha value is -2.56. The van der Waals surface area contributed by atoms with Crippen molar-refractivity contribution in [3.63, 3.8) is 0 Å². The molecule has 31 heavy (non-hydrogen) atoms. The molecule has 0 aromatic heterocycles. The Balaban J connectivity index is 1.64. The van der Waals surface area contributed by atoms with Crippen LogP contribution in [0.4, 0.5) is 5.69 Å². The fraction of sp³-hybridized carbons (Fsp3) is 0.0476. The average molecular weight is 612 g/mol. The van der Waals surface area contributed by atoms with Gasteiger partial charge in [0.1, 0.15) is 12.4 Å². The van der Waals surface area contributed by atoms with Crippen LogP contribution in [-0.2, 0) is 6.61 Å². The summed E-state index contributed by atoms with van der Waals surface area (Å²) in [5, 5.41) is 14.7. The standard InChI is InChI=1S/C21H14Br3N3O4/c22-17-4-2-1-3-16(17)21(28)26-25-11-14-9-18(23)20(19(24)10-14)31-12-13-5-7-15(8-6-13)27(29)30/h1-11H,12H2,(H,26,28)/b25-11-. The van der Waals surface area contributed by atoms with Crippen LogP contribution >= 0.6 is 47.8 Å². The van der Waals surface area contributed by atoms with Crippen LogP contribution in [0.3, 0.4) is 0 Å². The van der Waals surface area contributed by atoms with Crippen LogP contribution in [0.15, 0.2) is 79.2 Å². The summed E-state index contributed by atoms with van der Waals surface area (Å²) in [4.78, 5) is 22.5. The predicted octanol–water partition coefficient (Wildman–Crippen LogP) is 6.23. The van der Waals surface area contributed by atoms with Gasteiger partial charge in [0.2, 0.25) is 0 Å². The van der Waals surface area contributed by atoms with Crippen molar-refractivity contribution in [3.05, 3.63) is 101 Å². The number of hydrazone groups is 1. The second kappa shape index (κ2) is 10.7. The van der Waals surface area contributed by atoms with E-state index in [9.17, 15) is 14.9 Å². The Morgan fingerprint density at radius 3 is 2.29 bits per heavy atom.